The fourth-order valence-corrected chi connectivity index (χ4v) is 2.81. The van der Waals surface area contributed by atoms with Crippen LogP contribution in [0.1, 0.15) is 107 Å². The van der Waals surface area contributed by atoms with Gasteiger partial charge in [0.15, 0.2) is 0 Å². The zero-order chi connectivity index (χ0) is 25.8. The molecular formula is C32H54. The van der Waals surface area contributed by atoms with Gasteiger partial charge in [-0.05, 0) is 23.6 Å². The van der Waals surface area contributed by atoms with Gasteiger partial charge >= 0.3 is 0 Å². The minimum absolute atomic E-state index is 0.121. The van der Waals surface area contributed by atoms with Gasteiger partial charge in [0.1, 0.15) is 0 Å². The van der Waals surface area contributed by atoms with E-state index in [4.69, 9.17) is 0 Å². The Morgan fingerprint density at radius 3 is 0.625 bits per heavy atom. The van der Waals surface area contributed by atoms with Gasteiger partial charge in [0.25, 0.3) is 0 Å². The summed E-state index contributed by atoms with van der Waals surface area (Å²) < 4.78 is 0. The second-order valence-electron chi connectivity index (χ2n) is 5.22. The summed E-state index contributed by atoms with van der Waals surface area (Å²) in [6.07, 6.45) is 0. The highest BCUT2D eigenvalue weighted by atomic mass is 14.3. The van der Waals surface area contributed by atoms with E-state index in [1.807, 2.05) is 83.1 Å². The lowest BCUT2D eigenvalue weighted by atomic mass is 9.71. The van der Waals surface area contributed by atoms with E-state index in [2.05, 4.69) is 97.9 Å². The topological polar surface area (TPSA) is 0 Å². The lowest BCUT2D eigenvalue weighted by Crippen LogP contribution is -2.25. The highest BCUT2D eigenvalue weighted by Crippen LogP contribution is 2.38. The first-order valence-corrected chi connectivity index (χ1v) is 13.0. The van der Waals surface area contributed by atoms with Crippen molar-refractivity contribution < 1.29 is 0 Å². The molecule has 0 heterocycles. The molecule has 3 aromatic rings. The SMILES string of the molecule is CC.CC.CC.CC.CC.CC.CC(c1ccccc1)(c1ccccc1)c1ccccc1. The van der Waals surface area contributed by atoms with Gasteiger partial charge in [-0.2, -0.15) is 0 Å². The van der Waals surface area contributed by atoms with Gasteiger partial charge < -0.3 is 0 Å². The Labute approximate surface area is 203 Å². The van der Waals surface area contributed by atoms with E-state index < -0.39 is 0 Å². The van der Waals surface area contributed by atoms with Crippen LogP contribution in [-0.2, 0) is 5.41 Å². The zero-order valence-electron chi connectivity index (χ0n) is 23.7. The van der Waals surface area contributed by atoms with Gasteiger partial charge in [0.05, 0.1) is 0 Å². The van der Waals surface area contributed by atoms with E-state index in [-0.39, 0.29) is 5.41 Å². The van der Waals surface area contributed by atoms with E-state index in [0.717, 1.165) is 0 Å². The largest absolute Gasteiger partial charge is 0.0683 e. The third-order valence-corrected chi connectivity index (χ3v) is 4.05. The monoisotopic (exact) mass is 438 g/mol. The summed E-state index contributed by atoms with van der Waals surface area (Å²) in [5, 5.41) is 0. The fraction of sp³-hybridized carbons (Fsp3) is 0.438. The number of benzene rings is 3. The molecule has 0 aliphatic rings. The second kappa shape index (κ2) is 28.7. The first kappa shape index (κ1) is 37.0. The molecular weight excluding hydrogens is 384 g/mol. The van der Waals surface area contributed by atoms with Crippen molar-refractivity contribution in [2.45, 2.75) is 95.4 Å². The molecule has 3 aromatic carbocycles. The smallest absolute Gasteiger partial charge is 0.0423 e. The summed E-state index contributed by atoms with van der Waals surface area (Å²) in [4.78, 5) is 0. The summed E-state index contributed by atoms with van der Waals surface area (Å²) in [6.45, 7) is 26.3. The standard InChI is InChI=1S/C20H18.6C2H6/c1-20(17-11-5-2-6-12-17,18-13-7-3-8-14-18)19-15-9-4-10-16-19;6*1-2/h2-16H,1H3;6*1-2H3. The van der Waals surface area contributed by atoms with Crippen molar-refractivity contribution in [2.24, 2.45) is 0 Å². The lowest BCUT2D eigenvalue weighted by Gasteiger charge is -2.31. The minimum Gasteiger partial charge on any atom is -0.0683 e. The van der Waals surface area contributed by atoms with Gasteiger partial charge in [-0.3, -0.25) is 0 Å². The average molecular weight is 439 g/mol. The second-order valence-corrected chi connectivity index (χ2v) is 5.22. The molecule has 3 rings (SSSR count). The van der Waals surface area contributed by atoms with Crippen molar-refractivity contribution in [3.05, 3.63) is 108 Å². The van der Waals surface area contributed by atoms with Gasteiger partial charge in [0, 0.05) is 5.41 Å². The average Bonchev–Trinajstić information content (AvgIpc) is 2.96. The lowest BCUT2D eigenvalue weighted by molar-refractivity contribution is 0.692. The predicted octanol–water partition coefficient (Wildman–Crippen LogP) is 11.2. The molecule has 0 saturated heterocycles. The maximum Gasteiger partial charge on any atom is 0.0423 e. The van der Waals surface area contributed by atoms with Crippen LogP contribution >= 0.6 is 0 Å². The summed E-state index contributed by atoms with van der Waals surface area (Å²) in [5.41, 5.74) is 3.83. The normalized spacial score (nSPS) is 8.16. The van der Waals surface area contributed by atoms with E-state index >= 15 is 0 Å². The molecule has 0 aromatic heterocycles. The third-order valence-electron chi connectivity index (χ3n) is 4.05. The van der Waals surface area contributed by atoms with Gasteiger partial charge in [-0.1, -0.05) is 174 Å². The van der Waals surface area contributed by atoms with Crippen LogP contribution in [0, 0.1) is 0 Å². The molecule has 0 atom stereocenters. The Hall–Kier alpha value is -2.34. The molecule has 0 spiro atoms. The van der Waals surface area contributed by atoms with Gasteiger partial charge in [-0.15, -0.1) is 0 Å². The van der Waals surface area contributed by atoms with E-state index in [1.54, 1.807) is 0 Å². The summed E-state index contributed by atoms with van der Waals surface area (Å²) in [7, 11) is 0. The first-order chi connectivity index (χ1) is 15.8. The van der Waals surface area contributed by atoms with Crippen LogP contribution in [0.2, 0.25) is 0 Å². The van der Waals surface area contributed by atoms with Gasteiger partial charge in [-0.25, -0.2) is 0 Å². The van der Waals surface area contributed by atoms with Crippen LogP contribution in [-0.4, -0.2) is 0 Å². The third kappa shape index (κ3) is 12.5. The molecule has 0 amide bonds. The molecule has 0 radical (unpaired) electrons. The van der Waals surface area contributed by atoms with Crippen molar-refractivity contribution >= 4 is 0 Å². The van der Waals surface area contributed by atoms with E-state index in [1.165, 1.54) is 16.7 Å². The van der Waals surface area contributed by atoms with Crippen molar-refractivity contribution in [1.82, 2.24) is 0 Å². The zero-order valence-corrected chi connectivity index (χ0v) is 23.7. The molecule has 0 nitrogen and oxygen atoms in total. The van der Waals surface area contributed by atoms with Crippen LogP contribution in [0.15, 0.2) is 91.0 Å². The molecule has 0 unspecified atom stereocenters. The maximum absolute atomic E-state index is 2.30. The van der Waals surface area contributed by atoms with Crippen LogP contribution in [0.4, 0.5) is 0 Å². The molecule has 182 valence electrons. The molecule has 32 heavy (non-hydrogen) atoms. The summed E-state index contributed by atoms with van der Waals surface area (Å²) >= 11 is 0. The van der Waals surface area contributed by atoms with Crippen molar-refractivity contribution in [1.29, 1.82) is 0 Å². The number of hydrogen-bond donors (Lipinski definition) is 0. The summed E-state index contributed by atoms with van der Waals surface area (Å²) in [6, 6.07) is 32.1. The Bertz CT molecular complexity index is 558. The molecule has 0 aliphatic heterocycles. The quantitative estimate of drug-likeness (QED) is 0.357. The Morgan fingerprint density at radius 1 is 0.312 bits per heavy atom. The minimum atomic E-state index is -0.121. The number of hydrogen-bond acceptors (Lipinski definition) is 0. The van der Waals surface area contributed by atoms with Crippen molar-refractivity contribution in [3.63, 3.8) is 0 Å². The van der Waals surface area contributed by atoms with Crippen LogP contribution in [0.3, 0.4) is 0 Å². The highest BCUT2D eigenvalue weighted by molar-refractivity contribution is 5.49. The molecule has 0 bridgehead atoms. The van der Waals surface area contributed by atoms with Crippen LogP contribution in [0.25, 0.3) is 0 Å². The van der Waals surface area contributed by atoms with Crippen LogP contribution in [0.5, 0.6) is 0 Å². The molecule has 0 aliphatic carbocycles. The summed E-state index contributed by atoms with van der Waals surface area (Å²) in [5.74, 6) is 0. The number of rotatable bonds is 3. The van der Waals surface area contributed by atoms with E-state index in [0.29, 0.717) is 0 Å². The Balaban J connectivity index is -0.000000285. The fourth-order valence-electron chi connectivity index (χ4n) is 2.81. The van der Waals surface area contributed by atoms with Crippen molar-refractivity contribution in [3.8, 4) is 0 Å². The predicted molar refractivity (Wildman–Crippen MR) is 153 cm³/mol. The van der Waals surface area contributed by atoms with E-state index in [9.17, 15) is 0 Å². The Morgan fingerprint density at radius 2 is 0.469 bits per heavy atom. The molecule has 0 N–H and O–H groups in total. The molecule has 0 saturated carbocycles. The maximum atomic E-state index is 2.30. The van der Waals surface area contributed by atoms with Crippen LogP contribution < -0.4 is 0 Å². The highest BCUT2D eigenvalue weighted by Gasteiger charge is 2.30. The first-order valence-electron chi connectivity index (χ1n) is 13.0. The molecule has 0 heteroatoms. The Kier molecular flexibility index (Phi) is 33.1. The molecule has 0 fully saturated rings. The van der Waals surface area contributed by atoms with Crippen molar-refractivity contribution in [2.75, 3.05) is 0 Å². The van der Waals surface area contributed by atoms with Gasteiger partial charge in [0.2, 0.25) is 0 Å².